The van der Waals surface area contributed by atoms with Crippen molar-refractivity contribution in [2.24, 2.45) is 4.99 Å². The van der Waals surface area contributed by atoms with E-state index in [1.54, 1.807) is 11.3 Å². The largest absolute Gasteiger partial charge is 0.419 e. The minimum absolute atomic E-state index is 0. The van der Waals surface area contributed by atoms with Gasteiger partial charge in [0.1, 0.15) is 5.82 Å². The maximum Gasteiger partial charge on any atom is 0.419 e. The molecule has 0 atom stereocenters. The highest BCUT2D eigenvalue weighted by molar-refractivity contribution is 14.0. The summed E-state index contributed by atoms with van der Waals surface area (Å²) in [5, 5.41) is 12.0. The van der Waals surface area contributed by atoms with Gasteiger partial charge in [-0.05, 0) is 26.0 Å². The molecule has 0 aliphatic heterocycles. The van der Waals surface area contributed by atoms with Gasteiger partial charge in [-0.15, -0.1) is 35.3 Å². The van der Waals surface area contributed by atoms with Gasteiger partial charge in [-0.25, -0.2) is 9.97 Å². The fraction of sp³-hybridized carbons (Fsp3) is 0.471. The van der Waals surface area contributed by atoms with Gasteiger partial charge in [-0.3, -0.25) is 4.99 Å². The molecule has 0 fully saturated rings. The van der Waals surface area contributed by atoms with Crippen LogP contribution in [0.4, 0.5) is 19.0 Å². The first-order chi connectivity index (χ1) is 12.9. The number of hydrogen-bond donors (Lipinski definition) is 3. The molecule has 0 aromatic carbocycles. The van der Waals surface area contributed by atoms with Crippen LogP contribution >= 0.6 is 35.3 Å². The number of aromatic nitrogens is 2. The second-order valence-electron chi connectivity index (χ2n) is 5.62. The van der Waals surface area contributed by atoms with Gasteiger partial charge in [0.05, 0.1) is 16.3 Å². The molecule has 0 saturated carbocycles. The van der Waals surface area contributed by atoms with Crippen LogP contribution < -0.4 is 16.0 Å². The van der Waals surface area contributed by atoms with Crippen molar-refractivity contribution in [2.75, 3.05) is 31.5 Å². The van der Waals surface area contributed by atoms with Crippen LogP contribution in [0.3, 0.4) is 0 Å². The van der Waals surface area contributed by atoms with Crippen molar-refractivity contribution in [3.63, 3.8) is 0 Å². The van der Waals surface area contributed by atoms with Gasteiger partial charge >= 0.3 is 6.18 Å². The first kappa shape index (κ1) is 24.4. The zero-order valence-corrected chi connectivity index (χ0v) is 18.8. The van der Waals surface area contributed by atoms with Crippen LogP contribution in [0, 0.1) is 6.92 Å². The van der Waals surface area contributed by atoms with Crippen LogP contribution in [0.25, 0.3) is 0 Å². The number of aliphatic imine (C=N–C) groups is 1. The van der Waals surface area contributed by atoms with E-state index in [1.807, 2.05) is 19.2 Å². The summed E-state index contributed by atoms with van der Waals surface area (Å²) in [5.74, 6) is 0.441. The lowest BCUT2D eigenvalue weighted by Gasteiger charge is -2.14. The number of anilines is 1. The van der Waals surface area contributed by atoms with Gasteiger partial charge in [-0.1, -0.05) is 0 Å². The smallest absolute Gasteiger partial charge is 0.368 e. The third-order valence-corrected chi connectivity index (χ3v) is 4.29. The van der Waals surface area contributed by atoms with Crippen molar-refractivity contribution in [1.29, 1.82) is 0 Å². The molecule has 156 valence electrons. The molecular formula is C17H24F3IN6S. The Labute approximate surface area is 183 Å². The quantitative estimate of drug-likeness (QED) is 0.211. The maximum absolute atomic E-state index is 12.9. The minimum atomic E-state index is -4.44. The van der Waals surface area contributed by atoms with Crippen LogP contribution in [0.15, 0.2) is 28.7 Å². The number of aryl methyl sites for hydroxylation is 1. The molecule has 2 heterocycles. The number of halogens is 4. The van der Waals surface area contributed by atoms with E-state index >= 15 is 0 Å². The monoisotopic (exact) mass is 528 g/mol. The Bertz CT molecular complexity index is 750. The van der Waals surface area contributed by atoms with E-state index in [0.717, 1.165) is 23.2 Å². The third-order valence-electron chi connectivity index (χ3n) is 3.47. The predicted molar refractivity (Wildman–Crippen MR) is 118 cm³/mol. The molecule has 6 nitrogen and oxygen atoms in total. The van der Waals surface area contributed by atoms with E-state index in [1.165, 1.54) is 12.3 Å². The summed E-state index contributed by atoms with van der Waals surface area (Å²) >= 11 is 1.61. The standard InChI is InChI=1S/C17H23F3N6S.HI/c1-3-21-16(24-8-6-13-11-27-12(2)26-13)25-10-9-23-15-14(17(18,19)20)5-4-7-22-15;/h4-5,7,11H,3,6,8-10H2,1-2H3,(H,22,23)(H2,21,24,25);1H. The molecule has 11 heteroatoms. The fourth-order valence-corrected chi connectivity index (χ4v) is 2.93. The lowest BCUT2D eigenvalue weighted by Crippen LogP contribution is -2.39. The molecule has 28 heavy (non-hydrogen) atoms. The molecular weight excluding hydrogens is 504 g/mol. The van der Waals surface area contributed by atoms with E-state index in [4.69, 9.17) is 0 Å². The number of nitrogens with one attached hydrogen (secondary N) is 3. The molecule has 0 amide bonds. The number of guanidine groups is 1. The normalized spacial score (nSPS) is 11.7. The molecule has 2 aromatic rings. The number of alkyl halides is 3. The highest BCUT2D eigenvalue weighted by Crippen LogP contribution is 2.33. The summed E-state index contributed by atoms with van der Waals surface area (Å²) < 4.78 is 38.8. The average molecular weight is 528 g/mol. The van der Waals surface area contributed by atoms with E-state index in [-0.39, 0.29) is 36.3 Å². The number of pyridine rings is 1. The molecule has 0 spiro atoms. The predicted octanol–water partition coefficient (Wildman–Crippen LogP) is 3.69. The van der Waals surface area contributed by atoms with Crippen LogP contribution in [-0.4, -0.2) is 42.1 Å². The average Bonchev–Trinajstić information content (AvgIpc) is 3.03. The van der Waals surface area contributed by atoms with Crippen molar-refractivity contribution in [3.05, 3.63) is 40.0 Å². The van der Waals surface area contributed by atoms with Crippen molar-refractivity contribution in [1.82, 2.24) is 20.6 Å². The highest BCUT2D eigenvalue weighted by atomic mass is 127. The molecule has 0 saturated heterocycles. The molecule has 0 aliphatic carbocycles. The minimum Gasteiger partial charge on any atom is -0.368 e. The van der Waals surface area contributed by atoms with E-state index < -0.39 is 11.7 Å². The summed E-state index contributed by atoms with van der Waals surface area (Å²) in [5.41, 5.74) is 0.234. The first-order valence-corrected chi connectivity index (χ1v) is 9.47. The summed E-state index contributed by atoms with van der Waals surface area (Å²) in [6, 6.07) is 2.28. The van der Waals surface area contributed by atoms with Crippen molar-refractivity contribution in [3.8, 4) is 0 Å². The summed E-state index contributed by atoms with van der Waals surface area (Å²) in [6.07, 6.45) is -2.37. The zero-order chi connectivity index (χ0) is 19.7. The van der Waals surface area contributed by atoms with Crippen molar-refractivity contribution >= 4 is 47.1 Å². The number of hydrogen-bond acceptors (Lipinski definition) is 5. The fourth-order valence-electron chi connectivity index (χ4n) is 2.28. The Kier molecular flexibility index (Phi) is 10.5. The molecule has 3 N–H and O–H groups in total. The lowest BCUT2D eigenvalue weighted by molar-refractivity contribution is -0.137. The first-order valence-electron chi connectivity index (χ1n) is 8.59. The van der Waals surface area contributed by atoms with E-state index in [0.29, 0.717) is 25.6 Å². The summed E-state index contributed by atoms with van der Waals surface area (Å²) in [7, 11) is 0. The Morgan fingerprint density at radius 3 is 2.68 bits per heavy atom. The Morgan fingerprint density at radius 1 is 1.25 bits per heavy atom. The van der Waals surface area contributed by atoms with E-state index in [9.17, 15) is 13.2 Å². The SMILES string of the molecule is CCNC(=NCCc1csc(C)n1)NCCNc1ncccc1C(F)(F)F.I. The zero-order valence-electron chi connectivity index (χ0n) is 15.6. The maximum atomic E-state index is 12.9. The number of rotatable bonds is 8. The molecule has 0 aliphatic rings. The van der Waals surface area contributed by atoms with Crippen molar-refractivity contribution in [2.45, 2.75) is 26.4 Å². The van der Waals surface area contributed by atoms with Gasteiger partial charge < -0.3 is 16.0 Å². The topological polar surface area (TPSA) is 74.2 Å². The molecule has 0 unspecified atom stereocenters. The van der Waals surface area contributed by atoms with Gasteiger partial charge in [0, 0.05) is 44.2 Å². The lowest BCUT2D eigenvalue weighted by atomic mass is 10.2. The van der Waals surface area contributed by atoms with Crippen LogP contribution in [0.1, 0.15) is 23.2 Å². The van der Waals surface area contributed by atoms with Gasteiger partial charge in [0.2, 0.25) is 0 Å². The van der Waals surface area contributed by atoms with Crippen molar-refractivity contribution < 1.29 is 13.2 Å². The summed E-state index contributed by atoms with van der Waals surface area (Å²) in [6.45, 7) is 5.84. The Morgan fingerprint density at radius 2 is 2.04 bits per heavy atom. The Hall–Kier alpha value is -1.63. The summed E-state index contributed by atoms with van der Waals surface area (Å²) in [4.78, 5) is 12.6. The van der Waals surface area contributed by atoms with Gasteiger partial charge in [-0.2, -0.15) is 13.2 Å². The van der Waals surface area contributed by atoms with E-state index in [2.05, 4.69) is 30.9 Å². The van der Waals surface area contributed by atoms with Gasteiger partial charge in [0.15, 0.2) is 5.96 Å². The second-order valence-corrected chi connectivity index (χ2v) is 6.68. The molecule has 0 bridgehead atoms. The molecule has 2 aromatic heterocycles. The van der Waals surface area contributed by atoms with Crippen LogP contribution in [-0.2, 0) is 12.6 Å². The van der Waals surface area contributed by atoms with Crippen LogP contribution in [0.5, 0.6) is 0 Å². The van der Waals surface area contributed by atoms with Crippen LogP contribution in [0.2, 0.25) is 0 Å². The second kappa shape index (κ2) is 12.0. The molecule has 0 radical (unpaired) electrons. The van der Waals surface area contributed by atoms with Gasteiger partial charge in [0.25, 0.3) is 0 Å². The number of nitrogens with zero attached hydrogens (tertiary/aromatic N) is 3. The molecule has 2 rings (SSSR count). The highest BCUT2D eigenvalue weighted by Gasteiger charge is 2.33. The number of thiazole rings is 1. The Balaban J connectivity index is 0.00000392. The third kappa shape index (κ3) is 8.17.